The van der Waals surface area contributed by atoms with Gasteiger partial charge in [0, 0.05) is 0 Å². The quantitative estimate of drug-likeness (QED) is 0.730. The monoisotopic (exact) mass is 270 g/mol. The van der Waals surface area contributed by atoms with E-state index in [1.54, 1.807) is 0 Å². The molecule has 2 nitrogen and oxygen atoms in total. The van der Waals surface area contributed by atoms with Crippen molar-refractivity contribution in [3.63, 3.8) is 0 Å². The zero-order valence-corrected chi connectivity index (χ0v) is 12.4. The van der Waals surface area contributed by atoms with Crippen LogP contribution in [0.3, 0.4) is 0 Å². The molecule has 0 aromatic carbocycles. The lowest BCUT2D eigenvalue weighted by Crippen LogP contribution is -2.45. The van der Waals surface area contributed by atoms with Crippen LogP contribution in [-0.2, 0) is 0 Å². The van der Waals surface area contributed by atoms with Gasteiger partial charge in [-0.15, -0.1) is 0 Å². The molecule has 0 N–H and O–H groups in total. The van der Waals surface area contributed by atoms with Gasteiger partial charge < -0.3 is 0 Å². The molecule has 2 heteroatoms. The molecule has 1 heterocycles. The molecule has 0 aromatic rings. The Morgan fingerprint density at radius 2 is 1.55 bits per heavy atom. The summed E-state index contributed by atoms with van der Waals surface area (Å²) in [4.78, 5) is 2.36. The van der Waals surface area contributed by atoms with Crippen molar-refractivity contribution < 1.29 is 0 Å². The summed E-state index contributed by atoms with van der Waals surface area (Å²) in [5.41, 5.74) is 0.476. The van der Waals surface area contributed by atoms with E-state index in [2.05, 4.69) is 23.1 Å². The van der Waals surface area contributed by atoms with Crippen molar-refractivity contribution in [1.29, 1.82) is 5.26 Å². The van der Waals surface area contributed by atoms with Crippen LogP contribution >= 0.6 is 0 Å². The molecule has 4 saturated carbocycles. The van der Waals surface area contributed by atoms with Crippen molar-refractivity contribution in [2.45, 2.75) is 57.4 Å². The molecule has 20 heavy (non-hydrogen) atoms. The number of hydrogen-bond acceptors (Lipinski definition) is 2. The number of nitrogens with zero attached hydrogens (tertiary/aromatic N) is 2. The summed E-state index contributed by atoms with van der Waals surface area (Å²) in [6.45, 7) is 2.23. The third-order valence-corrected chi connectivity index (χ3v) is 6.38. The summed E-state index contributed by atoms with van der Waals surface area (Å²) >= 11 is 0. The minimum Gasteiger partial charge on any atom is -0.285 e. The molecule has 5 fully saturated rings. The predicted octanol–water partition coefficient (Wildman–Crippen LogP) is 3.75. The first-order chi connectivity index (χ1) is 9.76. The maximum atomic E-state index is 9.46. The SMILES string of the molecule is N#CC(/C=C/C12CC3CC(CC(C3)C1)C2)N1CCCC1. The zero-order valence-electron chi connectivity index (χ0n) is 12.4. The van der Waals surface area contributed by atoms with Gasteiger partial charge in [0.05, 0.1) is 6.07 Å². The average molecular weight is 270 g/mol. The van der Waals surface area contributed by atoms with Crippen molar-refractivity contribution in [2.24, 2.45) is 23.2 Å². The Balaban J connectivity index is 1.50. The normalized spacial score (nSPS) is 45.0. The summed E-state index contributed by atoms with van der Waals surface area (Å²) in [7, 11) is 0. The number of allylic oxidation sites excluding steroid dienone is 1. The van der Waals surface area contributed by atoms with Crippen molar-refractivity contribution in [3.05, 3.63) is 12.2 Å². The van der Waals surface area contributed by atoms with Gasteiger partial charge in [-0.25, -0.2) is 0 Å². The first-order valence-electron chi connectivity index (χ1n) is 8.59. The standard InChI is InChI=1S/C18H26N2/c19-13-17(20-5-1-2-6-20)3-4-18-10-14-7-15(11-18)9-16(8-14)12-18/h3-4,14-17H,1-2,5-12H2/b4-3+. The lowest BCUT2D eigenvalue weighted by Gasteiger charge is -2.56. The number of hydrogen-bond donors (Lipinski definition) is 0. The molecule has 0 amide bonds. The third-order valence-electron chi connectivity index (χ3n) is 6.38. The summed E-state index contributed by atoms with van der Waals surface area (Å²) in [5, 5.41) is 9.46. The number of rotatable bonds is 3. The van der Waals surface area contributed by atoms with E-state index < -0.39 is 0 Å². The fraction of sp³-hybridized carbons (Fsp3) is 0.833. The third kappa shape index (κ3) is 2.21. The average Bonchev–Trinajstić information content (AvgIpc) is 2.91. The molecular formula is C18H26N2. The molecule has 1 aliphatic heterocycles. The topological polar surface area (TPSA) is 27.0 Å². The molecule has 0 radical (unpaired) electrons. The molecule has 0 spiro atoms. The Hall–Kier alpha value is -0.810. The number of likely N-dealkylation sites (tertiary alicyclic amines) is 1. The van der Waals surface area contributed by atoms with Crippen molar-refractivity contribution in [1.82, 2.24) is 4.90 Å². The van der Waals surface area contributed by atoms with Gasteiger partial charge in [-0.1, -0.05) is 12.2 Å². The first-order valence-corrected chi connectivity index (χ1v) is 8.59. The van der Waals surface area contributed by atoms with E-state index in [0.29, 0.717) is 5.41 Å². The predicted molar refractivity (Wildman–Crippen MR) is 80.0 cm³/mol. The van der Waals surface area contributed by atoms with Gasteiger partial charge in [0.2, 0.25) is 0 Å². The summed E-state index contributed by atoms with van der Waals surface area (Å²) in [6, 6.07) is 2.55. The van der Waals surface area contributed by atoms with Crippen LogP contribution in [0, 0.1) is 34.5 Å². The molecule has 5 rings (SSSR count). The fourth-order valence-electron chi connectivity index (χ4n) is 5.94. The maximum Gasteiger partial charge on any atom is 0.116 e. The maximum absolute atomic E-state index is 9.46. The van der Waals surface area contributed by atoms with E-state index in [1.165, 1.54) is 51.4 Å². The van der Waals surface area contributed by atoms with E-state index in [-0.39, 0.29) is 6.04 Å². The van der Waals surface area contributed by atoms with Crippen molar-refractivity contribution >= 4 is 0 Å². The lowest BCUT2D eigenvalue weighted by atomic mass is 9.49. The van der Waals surface area contributed by atoms with E-state index in [1.807, 2.05) is 0 Å². The smallest absolute Gasteiger partial charge is 0.116 e. The summed E-state index contributed by atoms with van der Waals surface area (Å²) in [6.07, 6.45) is 16.0. The van der Waals surface area contributed by atoms with Crippen LogP contribution in [0.2, 0.25) is 0 Å². The van der Waals surface area contributed by atoms with Crippen LogP contribution in [0.25, 0.3) is 0 Å². The lowest BCUT2D eigenvalue weighted by molar-refractivity contribution is -0.0240. The van der Waals surface area contributed by atoms with Crippen molar-refractivity contribution in [3.8, 4) is 6.07 Å². The van der Waals surface area contributed by atoms with Crippen LogP contribution < -0.4 is 0 Å². The molecule has 4 aliphatic carbocycles. The molecule has 1 saturated heterocycles. The van der Waals surface area contributed by atoms with E-state index in [4.69, 9.17) is 0 Å². The highest BCUT2D eigenvalue weighted by Crippen LogP contribution is 2.60. The molecule has 5 aliphatic rings. The van der Waals surface area contributed by atoms with Gasteiger partial charge in [-0.3, -0.25) is 4.90 Å². The Morgan fingerprint density at radius 3 is 2.05 bits per heavy atom. The second-order valence-corrected chi connectivity index (χ2v) is 7.96. The minimum absolute atomic E-state index is 0.0329. The fourth-order valence-corrected chi connectivity index (χ4v) is 5.94. The molecule has 1 atom stereocenters. The highest BCUT2D eigenvalue weighted by molar-refractivity contribution is 5.16. The minimum atomic E-state index is 0.0329. The summed E-state index contributed by atoms with van der Waals surface area (Å²) in [5.74, 6) is 3.00. The second-order valence-electron chi connectivity index (χ2n) is 7.96. The Labute approximate surface area is 122 Å². The largest absolute Gasteiger partial charge is 0.285 e. The highest BCUT2D eigenvalue weighted by atomic mass is 15.2. The van der Waals surface area contributed by atoms with Gasteiger partial charge in [-0.2, -0.15) is 5.26 Å². The molecular weight excluding hydrogens is 244 g/mol. The summed E-state index contributed by atoms with van der Waals surface area (Å²) < 4.78 is 0. The molecule has 4 bridgehead atoms. The Bertz CT molecular complexity index is 404. The molecule has 0 aromatic heterocycles. The van der Waals surface area contributed by atoms with Crippen molar-refractivity contribution in [2.75, 3.05) is 13.1 Å². The van der Waals surface area contributed by atoms with Crippen LogP contribution in [0.4, 0.5) is 0 Å². The van der Waals surface area contributed by atoms with Crippen LogP contribution in [0.5, 0.6) is 0 Å². The van der Waals surface area contributed by atoms with E-state index in [9.17, 15) is 5.26 Å². The van der Waals surface area contributed by atoms with Crippen LogP contribution in [0.1, 0.15) is 51.4 Å². The first kappa shape index (κ1) is 12.9. The number of nitriles is 1. The molecule has 1 unspecified atom stereocenters. The van der Waals surface area contributed by atoms with Gasteiger partial charge in [0.1, 0.15) is 6.04 Å². The van der Waals surface area contributed by atoms with Gasteiger partial charge in [-0.05, 0) is 87.6 Å². The Kier molecular flexibility index (Phi) is 3.15. The van der Waals surface area contributed by atoms with Crippen LogP contribution in [0.15, 0.2) is 12.2 Å². The highest BCUT2D eigenvalue weighted by Gasteiger charge is 2.49. The second kappa shape index (κ2) is 4.88. The zero-order chi connectivity index (χ0) is 13.6. The van der Waals surface area contributed by atoms with Crippen LogP contribution in [-0.4, -0.2) is 24.0 Å². The Morgan fingerprint density at radius 1 is 1.00 bits per heavy atom. The van der Waals surface area contributed by atoms with E-state index >= 15 is 0 Å². The van der Waals surface area contributed by atoms with Gasteiger partial charge >= 0.3 is 0 Å². The van der Waals surface area contributed by atoms with E-state index in [0.717, 1.165) is 30.8 Å². The molecule has 108 valence electrons. The van der Waals surface area contributed by atoms with Gasteiger partial charge in [0.15, 0.2) is 0 Å². The van der Waals surface area contributed by atoms with Gasteiger partial charge in [0.25, 0.3) is 0 Å².